The summed E-state index contributed by atoms with van der Waals surface area (Å²) < 4.78 is 22.7. The Morgan fingerprint density at radius 2 is 0.969 bits per heavy atom. The summed E-state index contributed by atoms with van der Waals surface area (Å²) in [4.78, 5) is 23.9. The maximum atomic E-state index is 11.9. The van der Waals surface area contributed by atoms with Crippen LogP contribution in [0.25, 0.3) is 0 Å². The van der Waals surface area contributed by atoms with Crippen LogP contribution in [0, 0.1) is 0 Å². The average molecular weight is 489 g/mol. The van der Waals surface area contributed by atoms with Gasteiger partial charge in [-0.1, -0.05) is 53.7 Å². The summed E-state index contributed by atoms with van der Waals surface area (Å²) >= 11 is 0. The van der Waals surface area contributed by atoms with Crippen molar-refractivity contribution in [1.82, 2.24) is 0 Å². The fourth-order valence-electron chi connectivity index (χ4n) is 2.57. The Kier molecular flexibility index (Phi) is 12.1. The number of hydrogen-bond donors (Lipinski definition) is 0. The highest BCUT2D eigenvalue weighted by Crippen LogP contribution is 2.39. The monoisotopic (exact) mass is 488 g/mol. The molecule has 0 rings (SSSR count). The largest absolute Gasteiger partial charge is 0.469 e. The molecule has 0 aliphatic heterocycles. The van der Waals surface area contributed by atoms with Crippen molar-refractivity contribution in [2.45, 2.75) is 116 Å². The first kappa shape index (κ1) is 31.0. The molecule has 0 heterocycles. The van der Waals surface area contributed by atoms with Crippen LogP contribution in [-0.2, 0) is 27.9 Å². The van der Waals surface area contributed by atoms with Gasteiger partial charge in [-0.15, -0.1) is 0 Å². The lowest BCUT2D eigenvalue weighted by molar-refractivity contribution is -0.143. The fourth-order valence-corrected chi connectivity index (χ4v) is 5.30. The van der Waals surface area contributed by atoms with E-state index in [0.717, 1.165) is 0 Å². The summed E-state index contributed by atoms with van der Waals surface area (Å²) in [7, 11) is -1.26. The van der Waals surface area contributed by atoms with Gasteiger partial charge in [0.25, 0.3) is 0 Å². The first-order valence-electron chi connectivity index (χ1n) is 11.5. The van der Waals surface area contributed by atoms with Crippen LogP contribution < -0.4 is 0 Å². The van der Waals surface area contributed by atoms with Gasteiger partial charge in [0, 0.05) is 0 Å². The molecule has 188 valence electrons. The maximum absolute atomic E-state index is 11.9. The van der Waals surface area contributed by atoms with Crippen molar-refractivity contribution in [2.24, 2.45) is 0 Å². The topological polar surface area (TPSA) is 71.1 Å². The van der Waals surface area contributed by atoms with Gasteiger partial charge in [0.2, 0.25) is 0 Å². The van der Waals surface area contributed by atoms with Crippen molar-refractivity contribution < 1.29 is 27.9 Å². The quantitative estimate of drug-likeness (QED) is 0.184. The van der Waals surface area contributed by atoms with Gasteiger partial charge in [0.05, 0.1) is 39.3 Å². The van der Waals surface area contributed by atoms with Gasteiger partial charge < -0.3 is 18.3 Å². The molecule has 0 aromatic heterocycles. The molecule has 0 unspecified atom stereocenters. The molecule has 0 saturated carbocycles. The van der Waals surface area contributed by atoms with E-state index >= 15 is 0 Å². The van der Waals surface area contributed by atoms with Gasteiger partial charge >= 0.3 is 11.9 Å². The SMILES string of the molecule is COC(=O)C[C@@H](C/C=C/C[C@H](CC(=O)OC)O[Si](C)(C)C(C)(C)C)O[Si](C)(C)C(C)(C)C. The molecule has 0 radical (unpaired) electrons. The summed E-state index contributed by atoms with van der Waals surface area (Å²) in [5.74, 6) is -0.543. The van der Waals surface area contributed by atoms with Crippen LogP contribution in [0.5, 0.6) is 0 Å². The first-order valence-corrected chi connectivity index (χ1v) is 17.3. The zero-order valence-electron chi connectivity index (χ0n) is 22.6. The molecule has 0 saturated heterocycles. The van der Waals surface area contributed by atoms with E-state index in [1.54, 1.807) is 0 Å². The van der Waals surface area contributed by atoms with Crippen LogP contribution in [0.2, 0.25) is 36.3 Å². The van der Waals surface area contributed by atoms with E-state index in [2.05, 4.69) is 67.7 Å². The summed E-state index contributed by atoms with van der Waals surface area (Å²) in [6, 6.07) is 0. The van der Waals surface area contributed by atoms with Crippen molar-refractivity contribution in [3.8, 4) is 0 Å². The van der Waals surface area contributed by atoms with Crippen molar-refractivity contribution in [3.05, 3.63) is 12.2 Å². The van der Waals surface area contributed by atoms with Crippen molar-refractivity contribution >= 4 is 28.6 Å². The minimum absolute atomic E-state index is 0.0493. The van der Waals surface area contributed by atoms with E-state index in [-0.39, 0.29) is 47.1 Å². The molecule has 0 fully saturated rings. The number of esters is 2. The van der Waals surface area contributed by atoms with Gasteiger partial charge in [0.15, 0.2) is 16.6 Å². The lowest BCUT2D eigenvalue weighted by atomic mass is 10.1. The van der Waals surface area contributed by atoms with Crippen LogP contribution >= 0.6 is 0 Å². The van der Waals surface area contributed by atoms with Gasteiger partial charge in [0.1, 0.15) is 0 Å². The second-order valence-corrected chi connectivity index (χ2v) is 21.0. The molecular formula is C24H48O6Si2. The number of rotatable bonds is 12. The number of carbonyl (C=O) groups is 2. The van der Waals surface area contributed by atoms with Crippen LogP contribution in [0.1, 0.15) is 67.2 Å². The zero-order valence-corrected chi connectivity index (χ0v) is 24.6. The summed E-state index contributed by atoms with van der Waals surface area (Å²) in [5.41, 5.74) is 0. The lowest BCUT2D eigenvalue weighted by Crippen LogP contribution is -2.44. The highest BCUT2D eigenvalue weighted by Gasteiger charge is 2.40. The van der Waals surface area contributed by atoms with Gasteiger partial charge in [-0.2, -0.15) is 0 Å². The van der Waals surface area contributed by atoms with Crippen LogP contribution in [0.4, 0.5) is 0 Å². The Bertz CT molecular complexity index is 575. The van der Waals surface area contributed by atoms with Crippen LogP contribution in [0.3, 0.4) is 0 Å². The molecule has 32 heavy (non-hydrogen) atoms. The van der Waals surface area contributed by atoms with Crippen LogP contribution in [-0.4, -0.2) is 55.0 Å². The molecule has 0 aromatic carbocycles. The minimum Gasteiger partial charge on any atom is -0.469 e. The highest BCUT2D eigenvalue weighted by atomic mass is 28.4. The predicted octanol–water partition coefficient (Wildman–Crippen LogP) is 6.23. The molecule has 8 heteroatoms. The van der Waals surface area contributed by atoms with E-state index in [9.17, 15) is 9.59 Å². The number of ether oxygens (including phenoxy) is 2. The predicted molar refractivity (Wildman–Crippen MR) is 136 cm³/mol. The second kappa shape index (κ2) is 12.5. The van der Waals surface area contributed by atoms with Gasteiger partial charge in [-0.3, -0.25) is 9.59 Å². The smallest absolute Gasteiger partial charge is 0.308 e. The Balaban J connectivity index is 5.32. The molecule has 0 bridgehead atoms. The lowest BCUT2D eigenvalue weighted by Gasteiger charge is -2.39. The van der Waals surface area contributed by atoms with E-state index in [1.165, 1.54) is 14.2 Å². The Morgan fingerprint density at radius 3 is 1.19 bits per heavy atom. The number of carbonyl (C=O) groups excluding carboxylic acids is 2. The summed E-state index contributed by atoms with van der Waals surface area (Å²) in [6.45, 7) is 21.8. The second-order valence-electron chi connectivity index (χ2n) is 11.5. The average Bonchev–Trinajstić information content (AvgIpc) is 2.62. The normalized spacial score (nSPS) is 15.5. The van der Waals surface area contributed by atoms with Crippen molar-refractivity contribution in [3.63, 3.8) is 0 Å². The molecule has 2 atom stereocenters. The fraction of sp³-hybridized carbons (Fsp3) is 0.833. The highest BCUT2D eigenvalue weighted by molar-refractivity contribution is 6.74. The number of methoxy groups -OCH3 is 2. The zero-order chi connectivity index (χ0) is 25.4. The third-order valence-corrected chi connectivity index (χ3v) is 15.8. The molecule has 0 N–H and O–H groups in total. The van der Waals surface area contributed by atoms with Crippen molar-refractivity contribution in [1.29, 1.82) is 0 Å². The van der Waals surface area contributed by atoms with Gasteiger partial charge in [-0.05, 0) is 49.1 Å². The van der Waals surface area contributed by atoms with E-state index < -0.39 is 16.6 Å². The number of hydrogen-bond acceptors (Lipinski definition) is 6. The van der Waals surface area contributed by atoms with E-state index in [0.29, 0.717) is 12.8 Å². The van der Waals surface area contributed by atoms with Crippen molar-refractivity contribution in [2.75, 3.05) is 14.2 Å². The minimum atomic E-state index is -2.03. The molecule has 0 amide bonds. The van der Waals surface area contributed by atoms with E-state index in [4.69, 9.17) is 18.3 Å². The summed E-state index contributed by atoms with van der Waals surface area (Å²) in [5, 5.41) is 0.0986. The van der Waals surface area contributed by atoms with Gasteiger partial charge in [-0.25, -0.2) is 0 Å². The maximum Gasteiger partial charge on any atom is 0.308 e. The molecule has 6 nitrogen and oxygen atoms in total. The summed E-state index contributed by atoms with van der Waals surface area (Å²) in [6.07, 6.45) is 5.23. The molecule has 0 aliphatic rings. The third-order valence-electron chi connectivity index (χ3n) is 6.74. The Hall–Kier alpha value is -0.966. The first-order chi connectivity index (χ1) is 14.4. The molecule has 0 aromatic rings. The standard InChI is InChI=1S/C24H48O6Si2/c1-23(2,3)31(9,10)29-19(17-21(25)27-7)15-13-14-16-20(18-22(26)28-8)30-32(11,12)24(4,5)6/h13-14,19-20H,15-18H2,1-12H3/b14-13+/t19-,20-/m1/s1. The Labute approximate surface area is 198 Å². The van der Waals surface area contributed by atoms with E-state index in [1.807, 2.05) is 12.2 Å². The molecular weight excluding hydrogens is 440 g/mol. The third kappa shape index (κ3) is 10.8. The molecule has 0 spiro atoms. The van der Waals surface area contributed by atoms with Crippen LogP contribution in [0.15, 0.2) is 12.2 Å². The Morgan fingerprint density at radius 1 is 0.688 bits per heavy atom. The molecule has 0 aliphatic carbocycles.